The Morgan fingerprint density at radius 3 is 1.58 bits per heavy atom. The van der Waals surface area contributed by atoms with Crippen LogP contribution in [0, 0.1) is 35.5 Å². The number of allylic oxidation sites excluding steroid dienone is 3. The van der Waals surface area contributed by atoms with Gasteiger partial charge in [0.2, 0.25) is 59.1 Å². The number of carbonyl (C=O) groups is 15. The zero-order chi connectivity index (χ0) is 68.3. The highest BCUT2D eigenvalue weighted by molar-refractivity contribution is 6.01. The van der Waals surface area contributed by atoms with Crippen molar-refractivity contribution in [2.75, 3.05) is 19.6 Å². The molecule has 500 valence electrons. The third-order valence-electron chi connectivity index (χ3n) is 14.3. The number of aliphatic carboxylic acids is 5. The molecular formula is C56H90N12O21. The number of nitrogens with one attached hydrogen (secondary N) is 9. The lowest BCUT2D eigenvalue weighted by Gasteiger charge is -2.34. The molecule has 33 heteroatoms. The summed E-state index contributed by atoms with van der Waals surface area (Å²) >= 11 is 0. The summed E-state index contributed by atoms with van der Waals surface area (Å²) < 4.78 is 0. The molecule has 0 bridgehead atoms. The van der Waals surface area contributed by atoms with Gasteiger partial charge in [0.1, 0.15) is 54.4 Å². The summed E-state index contributed by atoms with van der Waals surface area (Å²) in [4.78, 5) is 198. The molecule has 14 atom stereocenters. The fourth-order valence-electron chi connectivity index (χ4n) is 8.86. The Bertz CT molecular complexity index is 2610. The van der Waals surface area contributed by atoms with Gasteiger partial charge in [0, 0.05) is 12.6 Å². The van der Waals surface area contributed by atoms with E-state index in [4.69, 9.17) is 16.6 Å². The first-order valence-corrected chi connectivity index (χ1v) is 29.0. The number of nitrogens with zero attached hydrogens (tertiary/aromatic N) is 1. The van der Waals surface area contributed by atoms with Crippen LogP contribution >= 0.6 is 0 Å². The number of nitrogens with two attached hydrogens (primary N) is 2. The molecule has 0 aromatic heterocycles. The quantitative estimate of drug-likeness (QED) is 0.0158. The Morgan fingerprint density at radius 2 is 1.08 bits per heavy atom. The Labute approximate surface area is 514 Å². The summed E-state index contributed by atoms with van der Waals surface area (Å²) in [5, 5.41) is 78.4. The van der Waals surface area contributed by atoms with Crippen molar-refractivity contribution < 1.29 is 103 Å². The zero-order valence-corrected chi connectivity index (χ0v) is 51.6. The predicted octanol–water partition coefficient (Wildman–Crippen LogP) is -4.00. The van der Waals surface area contributed by atoms with Crippen molar-refractivity contribution in [2.45, 2.75) is 181 Å². The summed E-state index contributed by atoms with van der Waals surface area (Å²) in [7, 11) is 0. The Hall–Kier alpha value is -8.59. The highest BCUT2D eigenvalue weighted by atomic mass is 16.4. The number of aliphatic hydroxyl groups is 1. The summed E-state index contributed by atoms with van der Waals surface area (Å²) in [6.45, 7) is 14.1. The molecule has 0 aliphatic carbocycles. The molecule has 1 aliphatic heterocycles. The van der Waals surface area contributed by atoms with Gasteiger partial charge in [-0.2, -0.15) is 0 Å². The number of hydrogen-bond donors (Lipinski definition) is 17. The van der Waals surface area contributed by atoms with Crippen LogP contribution < -0.4 is 59.3 Å². The van der Waals surface area contributed by atoms with Crippen LogP contribution in [0.3, 0.4) is 0 Å². The minimum atomic E-state index is -2.46. The van der Waals surface area contributed by atoms with E-state index in [0.717, 1.165) is 31.2 Å². The van der Waals surface area contributed by atoms with Gasteiger partial charge >= 0.3 is 29.8 Å². The van der Waals surface area contributed by atoms with Gasteiger partial charge in [0.15, 0.2) is 6.10 Å². The lowest BCUT2D eigenvalue weighted by atomic mass is 9.97. The number of aliphatic hydroxyl groups excluding tert-OH is 1. The van der Waals surface area contributed by atoms with Crippen molar-refractivity contribution >= 4 is 88.9 Å². The second-order valence-corrected chi connectivity index (χ2v) is 23.0. The number of carboxylic acids is 5. The lowest BCUT2D eigenvalue weighted by Crippen LogP contribution is -2.65. The molecule has 0 aromatic rings. The van der Waals surface area contributed by atoms with Gasteiger partial charge in [-0.1, -0.05) is 66.7 Å². The van der Waals surface area contributed by atoms with E-state index in [1.165, 1.54) is 40.7 Å². The van der Waals surface area contributed by atoms with E-state index in [2.05, 4.69) is 37.2 Å². The predicted molar refractivity (Wildman–Crippen MR) is 313 cm³/mol. The third kappa shape index (κ3) is 26.3. The number of amides is 10. The van der Waals surface area contributed by atoms with E-state index in [0.29, 0.717) is 25.2 Å². The molecule has 1 saturated heterocycles. The fourth-order valence-corrected chi connectivity index (χ4v) is 8.86. The van der Waals surface area contributed by atoms with Gasteiger partial charge in [-0.25, -0.2) is 9.59 Å². The average molecular weight is 1270 g/mol. The summed E-state index contributed by atoms with van der Waals surface area (Å²) in [5.41, 5.74) is 11.0. The molecule has 1 rings (SSSR count). The molecule has 1 heterocycles. The van der Waals surface area contributed by atoms with Gasteiger partial charge in [0.05, 0.1) is 30.8 Å². The van der Waals surface area contributed by atoms with Crippen LogP contribution in [0.5, 0.6) is 0 Å². The van der Waals surface area contributed by atoms with Gasteiger partial charge < -0.3 is 94.9 Å². The van der Waals surface area contributed by atoms with E-state index in [9.17, 15) is 97.5 Å². The Morgan fingerprint density at radius 1 is 0.562 bits per heavy atom. The van der Waals surface area contributed by atoms with Gasteiger partial charge in [-0.3, -0.25) is 62.3 Å². The molecule has 0 aromatic carbocycles. The second-order valence-electron chi connectivity index (χ2n) is 23.0. The van der Waals surface area contributed by atoms with Gasteiger partial charge in [-0.15, -0.1) is 0 Å². The molecule has 0 saturated carbocycles. The van der Waals surface area contributed by atoms with Crippen LogP contribution in [0.1, 0.15) is 114 Å². The lowest BCUT2D eigenvalue weighted by molar-refractivity contribution is -0.151. The largest absolute Gasteiger partial charge is 0.481 e. The Balaban J connectivity index is 3.70. The number of rotatable bonds is 39. The first-order chi connectivity index (χ1) is 41.4. The number of likely N-dealkylation sites (tertiary alicyclic amines) is 1. The molecule has 89 heavy (non-hydrogen) atoms. The zero-order valence-electron chi connectivity index (χ0n) is 51.6. The van der Waals surface area contributed by atoms with Crippen molar-refractivity contribution in [2.24, 2.45) is 47.0 Å². The Kier molecular flexibility index (Phi) is 33.4. The van der Waals surface area contributed by atoms with E-state index in [1.54, 1.807) is 19.1 Å². The molecule has 0 spiro atoms. The SMILES string of the molecule is CC(C)CC/C=C\C=C\C(=O)N[C@H](C(=O)N[C@H](C(=O)N[C@@H](C(=O)N[C@@H](CCCCN)C(=O)O)C(C)C)C(C)NC(=O)[C@@H]1C[C@@H](C)CN1C(=O)[C@@H](NC(=O)[C@H](NC(=O)CNC(=O)[C@H](CC(=O)O)NC(=O)[C@@H](N)C(O)C(=O)O)C(C)C(=O)O)C(C)C)C(C)C(=O)O. The van der Waals surface area contributed by atoms with Crippen LogP contribution in [-0.2, 0) is 71.9 Å². The van der Waals surface area contributed by atoms with Gasteiger partial charge in [-0.05, 0) is 89.5 Å². The van der Waals surface area contributed by atoms with E-state index in [-0.39, 0.29) is 25.9 Å². The topological polar surface area (TPSA) is 541 Å². The van der Waals surface area contributed by atoms with Crippen molar-refractivity contribution in [1.29, 1.82) is 0 Å². The highest BCUT2D eigenvalue weighted by Gasteiger charge is 2.45. The number of carboxylic acid groups (broad SMARTS) is 5. The highest BCUT2D eigenvalue weighted by Crippen LogP contribution is 2.26. The van der Waals surface area contributed by atoms with E-state index < -0.39 is 198 Å². The molecule has 0 radical (unpaired) electrons. The van der Waals surface area contributed by atoms with Crippen LogP contribution in [0.4, 0.5) is 0 Å². The van der Waals surface area contributed by atoms with Crippen molar-refractivity contribution in [1.82, 2.24) is 52.8 Å². The first-order valence-electron chi connectivity index (χ1n) is 29.0. The molecule has 1 aliphatic rings. The normalized spacial score (nSPS) is 18.1. The number of carbonyl (C=O) groups excluding carboxylic acids is 10. The van der Waals surface area contributed by atoms with Crippen molar-refractivity contribution in [3.8, 4) is 0 Å². The average Bonchev–Trinajstić information content (AvgIpc) is 1.85. The van der Waals surface area contributed by atoms with E-state index >= 15 is 0 Å². The van der Waals surface area contributed by atoms with Crippen LogP contribution in [-0.4, -0.2) is 211 Å². The van der Waals surface area contributed by atoms with Crippen LogP contribution in [0.2, 0.25) is 0 Å². The molecular weight excluding hydrogens is 1180 g/mol. The maximum atomic E-state index is 14.6. The monoisotopic (exact) mass is 1270 g/mol. The van der Waals surface area contributed by atoms with E-state index in [1.807, 2.05) is 24.5 Å². The first kappa shape index (κ1) is 78.4. The van der Waals surface area contributed by atoms with Crippen molar-refractivity contribution in [3.05, 3.63) is 24.3 Å². The standard InChI is InChI=1S/C56H90N12O21/c1-25(2)17-13-11-12-14-19-35(69)63-41(29(8)53(82)83)50(79)67-43(51(80)65-39(26(3)4)48(77)61-32(55(86)87)18-15-16-20-57)31(10)60-46(75)34-21-28(7)24-68(34)52(81)40(27(5)6)66-49(78)42(30(9)54(84)85)64-36(70)23-59-45(74)33(22-37(71)72)62-47(76)38(58)44(73)56(88)89/h11-12,14,19,25-34,38-44,73H,13,15-18,20-24,57-58H2,1-10H3,(H,59,74)(H,60,75)(H,61,77)(H,62,76)(H,63,69)(H,64,70)(H,65,80)(H,66,78)(H,67,79)(H,71,72)(H,82,83)(H,84,85)(H,86,87)(H,88,89)/b12-11-,19-14+/t28-,29?,30?,31?,32+,33+,34+,38+,39-,40+,41+,42-,43+,44?/m1/s1. The van der Waals surface area contributed by atoms with Gasteiger partial charge in [0.25, 0.3) is 0 Å². The maximum absolute atomic E-state index is 14.6. The smallest absolute Gasteiger partial charge is 0.334 e. The maximum Gasteiger partial charge on any atom is 0.334 e. The third-order valence-corrected chi connectivity index (χ3v) is 14.3. The molecule has 1 fully saturated rings. The molecule has 10 amide bonds. The number of unbranched alkanes of at least 4 members (excludes halogenated alkanes) is 1. The summed E-state index contributed by atoms with van der Waals surface area (Å²) in [5.74, 6) is -24.6. The number of hydrogen-bond acceptors (Lipinski definition) is 18. The molecule has 33 nitrogen and oxygen atoms in total. The fraction of sp³-hybridized carbons (Fsp3) is 0.661. The second kappa shape index (κ2) is 38.0. The minimum Gasteiger partial charge on any atom is -0.481 e. The summed E-state index contributed by atoms with van der Waals surface area (Å²) in [6, 6.07) is -17.4. The summed E-state index contributed by atoms with van der Waals surface area (Å²) in [6.07, 6.45) is 4.43. The van der Waals surface area contributed by atoms with Crippen molar-refractivity contribution in [3.63, 3.8) is 0 Å². The van der Waals surface area contributed by atoms with Crippen LogP contribution in [0.25, 0.3) is 0 Å². The molecule has 19 N–H and O–H groups in total. The molecule has 4 unspecified atom stereocenters. The minimum absolute atomic E-state index is 0.0231. The van der Waals surface area contributed by atoms with Crippen LogP contribution in [0.15, 0.2) is 24.3 Å².